The summed E-state index contributed by atoms with van der Waals surface area (Å²) in [6.07, 6.45) is -2.40. The van der Waals surface area contributed by atoms with Gasteiger partial charge in [-0.2, -0.15) is 0 Å². The number of rotatable bonds is 4. The molecule has 0 aromatic heterocycles. The van der Waals surface area contributed by atoms with Gasteiger partial charge in [0.05, 0.1) is 12.3 Å². The van der Waals surface area contributed by atoms with Crippen molar-refractivity contribution in [2.45, 2.75) is 82.7 Å². The fourth-order valence-corrected chi connectivity index (χ4v) is 4.40. The van der Waals surface area contributed by atoms with Crippen molar-refractivity contribution in [3.05, 3.63) is 48.0 Å². The molecule has 0 aliphatic carbocycles. The van der Waals surface area contributed by atoms with E-state index in [-0.39, 0.29) is 6.10 Å². The van der Waals surface area contributed by atoms with E-state index in [1.807, 2.05) is 58.0 Å². The third kappa shape index (κ3) is 4.16. The van der Waals surface area contributed by atoms with Gasteiger partial charge in [0.2, 0.25) is 6.29 Å². The van der Waals surface area contributed by atoms with Crippen LogP contribution in [-0.2, 0) is 33.3 Å². The largest absolute Gasteiger partial charge is 0.359 e. The summed E-state index contributed by atoms with van der Waals surface area (Å²) in [6, 6.07) is 9.88. The molecule has 0 amide bonds. The van der Waals surface area contributed by atoms with E-state index in [1.165, 1.54) is 0 Å². The van der Waals surface area contributed by atoms with Crippen molar-refractivity contribution in [2.75, 3.05) is 6.61 Å². The second kappa shape index (κ2) is 7.65. The van der Waals surface area contributed by atoms with Crippen LogP contribution in [0.3, 0.4) is 0 Å². The lowest BCUT2D eigenvalue weighted by Gasteiger charge is -2.32. The lowest BCUT2D eigenvalue weighted by Crippen LogP contribution is -2.46. The highest BCUT2D eigenvalue weighted by molar-refractivity contribution is 6.01. The molecule has 8 nitrogen and oxygen atoms in total. The molecule has 0 N–H and O–H groups in total. The first-order chi connectivity index (χ1) is 14.7. The summed E-state index contributed by atoms with van der Waals surface area (Å²) in [5.74, 6) is -1.45. The maximum absolute atomic E-state index is 6.35. The molecule has 0 bridgehead atoms. The first-order valence-electron chi connectivity index (χ1n) is 10.6. The van der Waals surface area contributed by atoms with Gasteiger partial charge < -0.3 is 33.3 Å². The molecule has 1 aromatic rings. The minimum atomic E-state index is -0.767. The molecule has 4 heterocycles. The lowest BCUT2D eigenvalue weighted by atomic mass is 10.0. The van der Waals surface area contributed by atoms with E-state index in [1.54, 1.807) is 0 Å². The molecule has 4 aliphatic heterocycles. The standard InChI is InChI=1S/C23H29NO7/c1-13-11-15(14-9-7-6-8-10-14)24-31-20(13)27-18-17(16-12-25-22(2,3)28-16)26-21-19(18)29-23(4,5)30-21/h6-10,16-21H,1,11-12H2,2-5H3/t16-,17-,18-,19-,20?,21-/m1/s1. The Bertz CT molecular complexity index is 868. The number of oxime groups is 1. The van der Waals surface area contributed by atoms with Crippen molar-refractivity contribution in [3.63, 3.8) is 0 Å². The van der Waals surface area contributed by atoms with Crippen molar-refractivity contribution in [1.29, 1.82) is 0 Å². The predicted octanol–water partition coefficient (Wildman–Crippen LogP) is 3.11. The van der Waals surface area contributed by atoms with Gasteiger partial charge in [-0.1, -0.05) is 42.1 Å². The molecule has 0 spiro atoms. The predicted molar refractivity (Wildman–Crippen MR) is 110 cm³/mol. The molecule has 8 heteroatoms. The van der Waals surface area contributed by atoms with Crippen LogP contribution in [0.4, 0.5) is 0 Å². The highest BCUT2D eigenvalue weighted by Crippen LogP contribution is 2.43. The van der Waals surface area contributed by atoms with Gasteiger partial charge >= 0.3 is 0 Å². The van der Waals surface area contributed by atoms with Crippen LogP contribution in [0.25, 0.3) is 0 Å². The van der Waals surface area contributed by atoms with Gasteiger partial charge in [-0.25, -0.2) is 0 Å². The van der Waals surface area contributed by atoms with Crippen LogP contribution in [0.15, 0.2) is 47.6 Å². The summed E-state index contributed by atoms with van der Waals surface area (Å²) in [7, 11) is 0. The Kier molecular flexibility index (Phi) is 5.20. The second-order valence-corrected chi connectivity index (χ2v) is 9.21. The molecule has 3 fully saturated rings. The summed E-state index contributed by atoms with van der Waals surface area (Å²) >= 11 is 0. The van der Waals surface area contributed by atoms with Gasteiger partial charge in [-0.05, 0) is 38.8 Å². The monoisotopic (exact) mass is 431 g/mol. The third-order valence-corrected chi connectivity index (χ3v) is 5.80. The molecule has 1 aromatic carbocycles. The Morgan fingerprint density at radius 3 is 2.45 bits per heavy atom. The maximum atomic E-state index is 6.35. The van der Waals surface area contributed by atoms with Crippen LogP contribution in [0, 0.1) is 0 Å². The quantitative estimate of drug-likeness (QED) is 0.678. The number of nitrogens with zero attached hydrogens (tertiary/aromatic N) is 1. The van der Waals surface area contributed by atoms with E-state index < -0.39 is 42.5 Å². The smallest absolute Gasteiger partial charge is 0.249 e. The summed E-state index contributed by atoms with van der Waals surface area (Å²) in [5.41, 5.74) is 2.59. The van der Waals surface area contributed by atoms with Crippen LogP contribution < -0.4 is 0 Å². The van der Waals surface area contributed by atoms with Gasteiger partial charge in [0.1, 0.15) is 24.4 Å². The minimum absolute atomic E-state index is 0.318. The van der Waals surface area contributed by atoms with E-state index in [4.69, 9.17) is 33.3 Å². The van der Waals surface area contributed by atoms with Crippen LogP contribution in [0.2, 0.25) is 0 Å². The Morgan fingerprint density at radius 2 is 1.77 bits per heavy atom. The minimum Gasteiger partial charge on any atom is -0.359 e. The van der Waals surface area contributed by atoms with E-state index in [0.29, 0.717) is 13.0 Å². The molecule has 0 radical (unpaired) electrons. The maximum Gasteiger partial charge on any atom is 0.249 e. The van der Waals surface area contributed by atoms with E-state index in [0.717, 1.165) is 16.8 Å². The Labute approximate surface area is 182 Å². The van der Waals surface area contributed by atoms with E-state index in [2.05, 4.69) is 11.7 Å². The van der Waals surface area contributed by atoms with Crippen LogP contribution in [-0.4, -0.2) is 60.9 Å². The zero-order valence-electron chi connectivity index (χ0n) is 18.3. The number of hydrogen-bond acceptors (Lipinski definition) is 8. The van der Waals surface area contributed by atoms with Crippen LogP contribution in [0.1, 0.15) is 39.7 Å². The molecule has 4 aliphatic rings. The molecule has 3 saturated heterocycles. The van der Waals surface area contributed by atoms with Crippen molar-refractivity contribution in [1.82, 2.24) is 0 Å². The molecular formula is C23H29NO7. The number of ether oxygens (including phenoxy) is 6. The summed E-state index contributed by atoms with van der Waals surface area (Å²) < 4.78 is 36.3. The Balaban J connectivity index is 1.34. The van der Waals surface area contributed by atoms with Gasteiger partial charge in [-0.15, -0.1) is 0 Å². The Morgan fingerprint density at radius 1 is 1.00 bits per heavy atom. The molecule has 6 atom stereocenters. The first kappa shape index (κ1) is 21.1. The molecule has 31 heavy (non-hydrogen) atoms. The van der Waals surface area contributed by atoms with Crippen molar-refractivity contribution in [2.24, 2.45) is 5.16 Å². The molecule has 1 unspecified atom stereocenters. The van der Waals surface area contributed by atoms with E-state index in [9.17, 15) is 0 Å². The Hall–Kier alpha value is -1.81. The summed E-state index contributed by atoms with van der Waals surface area (Å²) in [4.78, 5) is 5.71. The average Bonchev–Trinajstić information content (AvgIpc) is 3.33. The highest BCUT2D eigenvalue weighted by Gasteiger charge is 2.59. The number of benzene rings is 1. The molecular weight excluding hydrogens is 402 g/mol. The van der Waals surface area contributed by atoms with Crippen LogP contribution >= 0.6 is 0 Å². The second-order valence-electron chi connectivity index (χ2n) is 9.21. The first-order valence-corrected chi connectivity index (χ1v) is 10.6. The van der Waals surface area contributed by atoms with Gasteiger partial charge in [0.15, 0.2) is 17.9 Å². The lowest BCUT2D eigenvalue weighted by molar-refractivity contribution is -0.251. The molecule has 0 saturated carbocycles. The van der Waals surface area contributed by atoms with Gasteiger partial charge in [0.25, 0.3) is 0 Å². The summed E-state index contributed by atoms with van der Waals surface area (Å²) in [6.45, 7) is 12.0. The van der Waals surface area contributed by atoms with Gasteiger partial charge in [-0.3, -0.25) is 0 Å². The number of fused-ring (bicyclic) bond motifs is 1. The van der Waals surface area contributed by atoms with E-state index >= 15 is 0 Å². The third-order valence-electron chi connectivity index (χ3n) is 5.80. The van der Waals surface area contributed by atoms with Gasteiger partial charge in [0, 0.05) is 6.42 Å². The number of hydrogen-bond donors (Lipinski definition) is 0. The molecule has 168 valence electrons. The average molecular weight is 431 g/mol. The zero-order chi connectivity index (χ0) is 21.8. The zero-order valence-corrected chi connectivity index (χ0v) is 18.3. The highest BCUT2D eigenvalue weighted by atomic mass is 16.9. The van der Waals surface area contributed by atoms with Crippen molar-refractivity contribution >= 4 is 5.71 Å². The SMILES string of the molecule is C=C1CC(c2ccccc2)=NOC1O[C@H]1[C@H]2OC(C)(C)O[C@H]2O[C@@H]1[C@H]1COC(C)(C)O1. The summed E-state index contributed by atoms with van der Waals surface area (Å²) in [5, 5.41) is 4.30. The topological polar surface area (TPSA) is 77.0 Å². The normalized spacial score (nSPS) is 38.6. The fraction of sp³-hybridized carbons (Fsp3) is 0.609. The fourth-order valence-electron chi connectivity index (χ4n) is 4.40. The molecule has 5 rings (SSSR count). The van der Waals surface area contributed by atoms with Crippen molar-refractivity contribution in [3.8, 4) is 0 Å². The van der Waals surface area contributed by atoms with Crippen molar-refractivity contribution < 1.29 is 33.3 Å². The van der Waals surface area contributed by atoms with Crippen LogP contribution in [0.5, 0.6) is 0 Å².